The lowest BCUT2D eigenvalue weighted by atomic mass is 10.0. The predicted molar refractivity (Wildman–Crippen MR) is 147 cm³/mol. The summed E-state index contributed by atoms with van der Waals surface area (Å²) in [5, 5.41) is 3.46. The first kappa shape index (κ1) is 30.9. The molecule has 0 aliphatic carbocycles. The predicted octanol–water partition coefficient (Wildman–Crippen LogP) is 5.40. The summed E-state index contributed by atoms with van der Waals surface area (Å²) in [4.78, 5) is 28.0. The van der Waals surface area contributed by atoms with E-state index in [1.165, 1.54) is 29.2 Å². The van der Waals surface area contributed by atoms with Gasteiger partial charge in [-0.25, -0.2) is 12.8 Å². The highest BCUT2D eigenvalue weighted by Crippen LogP contribution is 2.31. The number of sulfonamides is 1. The Balaban J connectivity index is 2.27. The maximum Gasteiger partial charge on any atom is 0.243 e. The molecule has 2 aromatic rings. The molecule has 0 saturated heterocycles. The Morgan fingerprint density at radius 3 is 2.24 bits per heavy atom. The second kappa shape index (κ2) is 12.9. The molecule has 1 atom stereocenters. The molecule has 1 N–H and O–H groups in total. The second-order valence-electron chi connectivity index (χ2n) is 9.85. The van der Waals surface area contributed by atoms with Gasteiger partial charge in [0.1, 0.15) is 11.9 Å². The van der Waals surface area contributed by atoms with Crippen molar-refractivity contribution < 1.29 is 22.4 Å². The molecule has 0 unspecified atom stereocenters. The van der Waals surface area contributed by atoms with E-state index in [0.717, 1.165) is 10.6 Å². The number of nitrogens with one attached hydrogen (secondary N) is 1. The van der Waals surface area contributed by atoms with Crippen molar-refractivity contribution in [3.8, 4) is 0 Å². The van der Waals surface area contributed by atoms with E-state index in [2.05, 4.69) is 5.32 Å². The standard InChI is InChI=1S/C26H34Cl2FN3O4S/c1-6-22(25(34)30-26(2,3)4)31(17-18-9-12-20(29)13-10-18)24(33)8-7-15-32(37(5,35)36)23-16-19(27)11-14-21(23)28/h9-14,16,22H,6-8,15,17H2,1-5H3,(H,30,34)/t22-/m0/s1. The molecule has 11 heteroatoms. The van der Waals surface area contributed by atoms with Gasteiger partial charge in [-0.15, -0.1) is 0 Å². The monoisotopic (exact) mass is 573 g/mol. The fourth-order valence-corrected chi connectivity index (χ4v) is 5.22. The molecule has 204 valence electrons. The minimum absolute atomic E-state index is 0.0139. The van der Waals surface area contributed by atoms with Crippen molar-refractivity contribution in [3.05, 3.63) is 63.9 Å². The van der Waals surface area contributed by atoms with E-state index in [4.69, 9.17) is 23.2 Å². The van der Waals surface area contributed by atoms with E-state index in [-0.39, 0.29) is 48.5 Å². The van der Waals surface area contributed by atoms with Gasteiger partial charge in [-0.1, -0.05) is 42.3 Å². The first-order valence-electron chi connectivity index (χ1n) is 11.9. The third-order valence-corrected chi connectivity index (χ3v) is 7.21. The summed E-state index contributed by atoms with van der Waals surface area (Å²) in [6.45, 7) is 7.45. The molecule has 37 heavy (non-hydrogen) atoms. The van der Waals surface area contributed by atoms with Crippen LogP contribution in [0.15, 0.2) is 42.5 Å². The number of halogens is 3. The van der Waals surface area contributed by atoms with E-state index in [1.807, 2.05) is 27.7 Å². The number of amides is 2. The highest BCUT2D eigenvalue weighted by Gasteiger charge is 2.31. The zero-order chi connectivity index (χ0) is 28.0. The first-order valence-corrected chi connectivity index (χ1v) is 14.5. The number of carbonyl (C=O) groups is 2. The summed E-state index contributed by atoms with van der Waals surface area (Å²) in [6, 6.07) is 9.49. The van der Waals surface area contributed by atoms with E-state index in [1.54, 1.807) is 18.2 Å². The minimum atomic E-state index is -3.72. The molecule has 0 saturated carbocycles. The van der Waals surface area contributed by atoms with Crippen LogP contribution in [0, 0.1) is 5.82 Å². The van der Waals surface area contributed by atoms with Crippen LogP contribution >= 0.6 is 23.2 Å². The number of anilines is 1. The van der Waals surface area contributed by atoms with Gasteiger partial charge in [-0.3, -0.25) is 13.9 Å². The molecule has 7 nitrogen and oxygen atoms in total. The fraction of sp³-hybridized carbons (Fsp3) is 0.462. The third kappa shape index (κ3) is 9.47. The molecule has 2 amide bonds. The van der Waals surface area contributed by atoms with Crippen molar-refractivity contribution in [1.82, 2.24) is 10.2 Å². The Bertz CT molecular complexity index is 1200. The van der Waals surface area contributed by atoms with Crippen molar-refractivity contribution in [2.45, 2.75) is 65.1 Å². The Hall–Kier alpha value is -2.36. The fourth-order valence-electron chi connectivity index (χ4n) is 3.82. The summed E-state index contributed by atoms with van der Waals surface area (Å²) in [7, 11) is -3.72. The van der Waals surface area contributed by atoms with Gasteiger partial charge in [-0.2, -0.15) is 0 Å². The number of carbonyl (C=O) groups excluding carboxylic acids is 2. The van der Waals surface area contributed by atoms with E-state index in [0.29, 0.717) is 17.0 Å². The first-order chi connectivity index (χ1) is 17.1. The van der Waals surface area contributed by atoms with Gasteiger partial charge in [0.15, 0.2) is 0 Å². The molecule has 0 heterocycles. The maximum absolute atomic E-state index is 13.4. The Labute approximate surface area is 229 Å². The van der Waals surface area contributed by atoms with E-state index < -0.39 is 27.4 Å². The van der Waals surface area contributed by atoms with Crippen molar-refractivity contribution >= 4 is 50.7 Å². The Morgan fingerprint density at radius 1 is 1.08 bits per heavy atom. The zero-order valence-corrected chi connectivity index (χ0v) is 24.1. The molecule has 0 radical (unpaired) electrons. The van der Waals surface area contributed by atoms with Gasteiger partial charge in [0.25, 0.3) is 0 Å². The summed E-state index contributed by atoms with van der Waals surface area (Å²) >= 11 is 12.3. The second-order valence-corrected chi connectivity index (χ2v) is 12.6. The number of rotatable bonds is 11. The van der Waals surface area contributed by atoms with Crippen molar-refractivity contribution in [2.24, 2.45) is 0 Å². The van der Waals surface area contributed by atoms with Gasteiger partial charge in [-0.05, 0) is 69.5 Å². The Kier molecular flexibility index (Phi) is 10.8. The zero-order valence-electron chi connectivity index (χ0n) is 21.7. The quantitative estimate of drug-likeness (QED) is 0.390. The largest absolute Gasteiger partial charge is 0.350 e. The molecular formula is C26H34Cl2FN3O4S. The third-order valence-electron chi connectivity index (χ3n) is 5.48. The summed E-state index contributed by atoms with van der Waals surface area (Å²) in [5.41, 5.74) is 0.393. The number of benzene rings is 2. The number of hydrogen-bond donors (Lipinski definition) is 1. The van der Waals surface area contributed by atoms with Crippen LogP contribution in [-0.4, -0.2) is 49.5 Å². The van der Waals surface area contributed by atoms with Crippen molar-refractivity contribution in [3.63, 3.8) is 0 Å². The minimum Gasteiger partial charge on any atom is -0.350 e. The van der Waals surface area contributed by atoms with Gasteiger partial charge < -0.3 is 10.2 Å². The maximum atomic E-state index is 13.4. The average Bonchev–Trinajstić information content (AvgIpc) is 2.77. The highest BCUT2D eigenvalue weighted by molar-refractivity contribution is 7.92. The van der Waals surface area contributed by atoms with Crippen LogP contribution < -0.4 is 9.62 Å². The molecule has 2 rings (SSSR count). The lowest BCUT2D eigenvalue weighted by Crippen LogP contribution is -2.53. The van der Waals surface area contributed by atoms with Crippen LogP contribution in [0.1, 0.15) is 52.5 Å². The van der Waals surface area contributed by atoms with Crippen LogP contribution in [0.3, 0.4) is 0 Å². The van der Waals surface area contributed by atoms with Gasteiger partial charge in [0.2, 0.25) is 21.8 Å². The molecule has 2 aromatic carbocycles. The molecular weight excluding hydrogens is 540 g/mol. The van der Waals surface area contributed by atoms with Crippen molar-refractivity contribution in [1.29, 1.82) is 0 Å². The van der Waals surface area contributed by atoms with Crippen LogP contribution in [0.4, 0.5) is 10.1 Å². The number of hydrogen-bond acceptors (Lipinski definition) is 4. The summed E-state index contributed by atoms with van der Waals surface area (Å²) in [5.74, 6) is -1.03. The molecule has 0 aliphatic heterocycles. The van der Waals surface area contributed by atoms with Crippen LogP contribution in [0.5, 0.6) is 0 Å². The molecule has 0 bridgehead atoms. The van der Waals surface area contributed by atoms with E-state index >= 15 is 0 Å². The lowest BCUT2D eigenvalue weighted by molar-refractivity contribution is -0.142. The molecule has 0 aliphatic rings. The number of nitrogens with zero attached hydrogens (tertiary/aromatic N) is 2. The van der Waals surface area contributed by atoms with Gasteiger partial charge in [0.05, 0.1) is 17.0 Å². The van der Waals surface area contributed by atoms with Crippen LogP contribution in [-0.2, 0) is 26.2 Å². The molecule has 0 aromatic heterocycles. The summed E-state index contributed by atoms with van der Waals surface area (Å²) < 4.78 is 39.5. The van der Waals surface area contributed by atoms with Crippen LogP contribution in [0.25, 0.3) is 0 Å². The molecule has 0 fully saturated rings. The lowest BCUT2D eigenvalue weighted by Gasteiger charge is -2.33. The Morgan fingerprint density at radius 2 is 1.70 bits per heavy atom. The average molecular weight is 575 g/mol. The normalized spacial score (nSPS) is 12.6. The van der Waals surface area contributed by atoms with E-state index in [9.17, 15) is 22.4 Å². The van der Waals surface area contributed by atoms with Crippen molar-refractivity contribution in [2.75, 3.05) is 17.1 Å². The van der Waals surface area contributed by atoms with Crippen LogP contribution in [0.2, 0.25) is 10.0 Å². The molecule has 0 spiro atoms. The highest BCUT2D eigenvalue weighted by atomic mass is 35.5. The smallest absolute Gasteiger partial charge is 0.243 e. The SMILES string of the molecule is CC[C@@H](C(=O)NC(C)(C)C)N(Cc1ccc(F)cc1)C(=O)CCCN(c1cc(Cl)ccc1Cl)S(C)(=O)=O. The van der Waals surface area contributed by atoms with Gasteiger partial charge in [0, 0.05) is 30.1 Å². The topological polar surface area (TPSA) is 86.8 Å². The summed E-state index contributed by atoms with van der Waals surface area (Å²) in [6.07, 6.45) is 1.57. The van der Waals surface area contributed by atoms with Gasteiger partial charge >= 0.3 is 0 Å².